The largest absolute Gasteiger partial charge is 0.495 e. The highest BCUT2D eigenvalue weighted by Gasteiger charge is 2.08. The average molecular weight is 344 g/mol. The summed E-state index contributed by atoms with van der Waals surface area (Å²) in [5, 5.41) is 3.38. The predicted octanol–water partition coefficient (Wildman–Crippen LogP) is 4.45. The fraction of sp³-hybridized carbons (Fsp3) is 0.125. The van der Waals surface area contributed by atoms with Crippen molar-refractivity contribution in [3.05, 3.63) is 52.8 Å². The second kappa shape index (κ2) is 5.69. The number of nitrogens with one attached hydrogen (secondary N) is 1. The Bertz CT molecular complexity index is 805. The Morgan fingerprint density at radius 2 is 1.95 bits per heavy atom. The van der Waals surface area contributed by atoms with Gasteiger partial charge in [0.1, 0.15) is 11.3 Å². The van der Waals surface area contributed by atoms with Gasteiger partial charge in [0.05, 0.1) is 24.0 Å². The molecule has 0 spiro atoms. The fourth-order valence-electron chi connectivity index (χ4n) is 2.17. The van der Waals surface area contributed by atoms with Crippen molar-refractivity contribution >= 4 is 38.3 Å². The molecule has 0 bridgehead atoms. The van der Waals surface area contributed by atoms with Crippen LogP contribution in [-0.4, -0.2) is 17.1 Å². The molecule has 0 aliphatic carbocycles. The molecule has 3 aromatic rings. The zero-order chi connectivity index (χ0) is 14.8. The quantitative estimate of drug-likeness (QED) is 0.762. The Hall–Kier alpha value is -2.14. The van der Waals surface area contributed by atoms with Gasteiger partial charge in [0.25, 0.3) is 0 Å². The second-order valence-corrected chi connectivity index (χ2v) is 5.62. The third kappa shape index (κ3) is 2.83. The molecule has 0 aliphatic rings. The number of ether oxygens (including phenoxy) is 1. The maximum atomic E-state index is 5.40. The van der Waals surface area contributed by atoms with Crippen LogP contribution in [0, 0.1) is 6.92 Å². The molecule has 2 aromatic heterocycles. The van der Waals surface area contributed by atoms with Crippen LogP contribution in [0.15, 0.2) is 47.2 Å². The van der Waals surface area contributed by atoms with E-state index in [0.717, 1.165) is 38.2 Å². The highest BCUT2D eigenvalue weighted by molar-refractivity contribution is 9.10. The monoisotopic (exact) mass is 343 g/mol. The van der Waals surface area contributed by atoms with Gasteiger partial charge in [-0.3, -0.25) is 9.97 Å². The lowest BCUT2D eigenvalue weighted by atomic mass is 10.2. The third-order valence-electron chi connectivity index (χ3n) is 3.17. The van der Waals surface area contributed by atoms with Crippen molar-refractivity contribution in [1.29, 1.82) is 0 Å². The molecular weight excluding hydrogens is 330 g/mol. The Morgan fingerprint density at radius 1 is 1.10 bits per heavy atom. The van der Waals surface area contributed by atoms with Crippen molar-refractivity contribution in [3.8, 4) is 5.75 Å². The standard InChI is InChI=1S/C16H14BrN3O/c1-10-3-4-15(21-2)13(7-10)20-12-5-6-18-14-8-11(17)9-19-16(12)14/h3-9H,1-2H3,(H,18,20). The van der Waals surface area contributed by atoms with Crippen molar-refractivity contribution in [2.45, 2.75) is 6.92 Å². The lowest BCUT2D eigenvalue weighted by molar-refractivity contribution is 0.416. The molecule has 1 aromatic carbocycles. The topological polar surface area (TPSA) is 47.0 Å². The molecule has 0 unspecified atom stereocenters. The van der Waals surface area contributed by atoms with Gasteiger partial charge >= 0.3 is 0 Å². The Kier molecular flexibility index (Phi) is 3.75. The van der Waals surface area contributed by atoms with Gasteiger partial charge in [-0.05, 0) is 52.7 Å². The zero-order valence-corrected chi connectivity index (χ0v) is 13.3. The van der Waals surface area contributed by atoms with E-state index in [9.17, 15) is 0 Å². The predicted molar refractivity (Wildman–Crippen MR) is 88.3 cm³/mol. The minimum atomic E-state index is 0.794. The number of aromatic nitrogens is 2. The van der Waals surface area contributed by atoms with E-state index in [1.807, 2.05) is 37.3 Å². The van der Waals surface area contributed by atoms with Gasteiger partial charge in [0.2, 0.25) is 0 Å². The van der Waals surface area contributed by atoms with Crippen LogP contribution in [0.4, 0.5) is 11.4 Å². The van der Waals surface area contributed by atoms with Crippen LogP contribution in [0.2, 0.25) is 0 Å². The first-order chi connectivity index (χ1) is 10.2. The van der Waals surface area contributed by atoms with Crippen LogP contribution in [-0.2, 0) is 0 Å². The number of aryl methyl sites for hydroxylation is 1. The number of nitrogens with zero attached hydrogens (tertiary/aromatic N) is 2. The van der Waals surface area contributed by atoms with Gasteiger partial charge in [-0.2, -0.15) is 0 Å². The normalized spacial score (nSPS) is 10.6. The van der Waals surface area contributed by atoms with Gasteiger partial charge in [-0.1, -0.05) is 6.07 Å². The first kappa shape index (κ1) is 13.8. The molecule has 2 heterocycles. The number of pyridine rings is 2. The number of fused-ring (bicyclic) bond motifs is 1. The summed E-state index contributed by atoms with van der Waals surface area (Å²) in [6, 6.07) is 9.87. The van der Waals surface area contributed by atoms with E-state index >= 15 is 0 Å². The molecule has 0 fully saturated rings. The summed E-state index contributed by atoms with van der Waals surface area (Å²) >= 11 is 3.41. The van der Waals surface area contributed by atoms with Gasteiger partial charge in [0, 0.05) is 16.9 Å². The van der Waals surface area contributed by atoms with Gasteiger partial charge < -0.3 is 10.1 Å². The van der Waals surface area contributed by atoms with E-state index in [2.05, 4.69) is 31.2 Å². The maximum absolute atomic E-state index is 5.40. The molecule has 0 aliphatic heterocycles. The minimum absolute atomic E-state index is 0.794. The zero-order valence-electron chi connectivity index (χ0n) is 11.7. The first-order valence-electron chi connectivity index (χ1n) is 6.49. The highest BCUT2D eigenvalue weighted by atomic mass is 79.9. The molecule has 3 rings (SSSR count). The summed E-state index contributed by atoms with van der Waals surface area (Å²) < 4.78 is 6.31. The smallest absolute Gasteiger partial charge is 0.142 e. The van der Waals surface area contributed by atoms with Crippen LogP contribution >= 0.6 is 15.9 Å². The van der Waals surface area contributed by atoms with E-state index in [4.69, 9.17) is 4.74 Å². The van der Waals surface area contributed by atoms with Gasteiger partial charge in [-0.25, -0.2) is 0 Å². The fourth-order valence-corrected chi connectivity index (χ4v) is 2.49. The van der Waals surface area contributed by atoms with Gasteiger partial charge in [-0.15, -0.1) is 0 Å². The highest BCUT2D eigenvalue weighted by Crippen LogP contribution is 2.31. The molecule has 5 heteroatoms. The number of halogens is 1. The van der Waals surface area contributed by atoms with Crippen LogP contribution < -0.4 is 10.1 Å². The van der Waals surface area contributed by atoms with E-state index in [0.29, 0.717) is 0 Å². The number of anilines is 2. The van der Waals surface area contributed by atoms with E-state index in [1.165, 1.54) is 0 Å². The van der Waals surface area contributed by atoms with Crippen LogP contribution in [0.25, 0.3) is 11.0 Å². The number of methoxy groups -OCH3 is 1. The van der Waals surface area contributed by atoms with E-state index in [1.54, 1.807) is 19.5 Å². The minimum Gasteiger partial charge on any atom is -0.495 e. The number of hydrogen-bond donors (Lipinski definition) is 1. The summed E-state index contributed by atoms with van der Waals surface area (Å²) in [5.41, 5.74) is 4.63. The van der Waals surface area contributed by atoms with Crippen molar-refractivity contribution in [3.63, 3.8) is 0 Å². The first-order valence-corrected chi connectivity index (χ1v) is 7.28. The van der Waals surface area contributed by atoms with Crippen molar-refractivity contribution in [2.75, 3.05) is 12.4 Å². The van der Waals surface area contributed by atoms with Crippen LogP contribution in [0.1, 0.15) is 5.56 Å². The Balaban J connectivity index is 2.08. The van der Waals surface area contributed by atoms with Crippen LogP contribution in [0.3, 0.4) is 0 Å². The maximum Gasteiger partial charge on any atom is 0.142 e. The Labute approximate surface area is 131 Å². The third-order valence-corrected chi connectivity index (χ3v) is 3.60. The van der Waals surface area contributed by atoms with Crippen molar-refractivity contribution in [1.82, 2.24) is 9.97 Å². The van der Waals surface area contributed by atoms with Gasteiger partial charge in [0.15, 0.2) is 0 Å². The summed E-state index contributed by atoms with van der Waals surface area (Å²) in [5.74, 6) is 0.794. The molecule has 0 atom stereocenters. The number of hydrogen-bond acceptors (Lipinski definition) is 4. The molecule has 0 saturated heterocycles. The number of rotatable bonds is 3. The average Bonchev–Trinajstić information content (AvgIpc) is 2.47. The van der Waals surface area contributed by atoms with Crippen LogP contribution in [0.5, 0.6) is 5.75 Å². The lowest BCUT2D eigenvalue weighted by Crippen LogP contribution is -1.97. The number of benzene rings is 1. The molecule has 4 nitrogen and oxygen atoms in total. The SMILES string of the molecule is COc1ccc(C)cc1Nc1ccnc2cc(Br)cnc12. The Morgan fingerprint density at radius 3 is 2.76 bits per heavy atom. The van der Waals surface area contributed by atoms with E-state index in [-0.39, 0.29) is 0 Å². The summed E-state index contributed by atoms with van der Waals surface area (Å²) in [6.07, 6.45) is 3.53. The molecule has 21 heavy (non-hydrogen) atoms. The molecule has 0 radical (unpaired) electrons. The summed E-state index contributed by atoms with van der Waals surface area (Å²) in [4.78, 5) is 8.78. The lowest BCUT2D eigenvalue weighted by Gasteiger charge is -2.13. The van der Waals surface area contributed by atoms with Crippen molar-refractivity contribution < 1.29 is 4.74 Å². The summed E-state index contributed by atoms with van der Waals surface area (Å²) in [6.45, 7) is 2.05. The van der Waals surface area contributed by atoms with E-state index < -0.39 is 0 Å². The molecule has 0 amide bonds. The molecule has 0 saturated carbocycles. The second-order valence-electron chi connectivity index (χ2n) is 4.71. The molecule has 1 N–H and O–H groups in total. The van der Waals surface area contributed by atoms with Crippen molar-refractivity contribution in [2.24, 2.45) is 0 Å². The molecular formula is C16H14BrN3O. The molecule has 106 valence electrons. The summed E-state index contributed by atoms with van der Waals surface area (Å²) in [7, 11) is 1.66.